The van der Waals surface area contributed by atoms with Crippen molar-refractivity contribution in [3.05, 3.63) is 0 Å². The number of ether oxygens (including phenoxy) is 1. The van der Waals surface area contributed by atoms with Crippen LogP contribution in [0.5, 0.6) is 0 Å². The summed E-state index contributed by atoms with van der Waals surface area (Å²) in [5.41, 5.74) is 0. The van der Waals surface area contributed by atoms with E-state index in [1.54, 1.807) is 0 Å². The highest BCUT2D eigenvalue weighted by atomic mass is 35.5. The third kappa shape index (κ3) is 12.8. The summed E-state index contributed by atoms with van der Waals surface area (Å²) in [5.74, 6) is -0.217. The van der Waals surface area contributed by atoms with E-state index in [4.69, 9.17) is 4.74 Å². The van der Waals surface area contributed by atoms with Crippen molar-refractivity contribution in [3.63, 3.8) is 0 Å². The number of hydrogen-bond acceptors (Lipinski definition) is 3. The highest BCUT2D eigenvalue weighted by Gasteiger charge is 1.93. The topological polar surface area (TPSA) is 38.3 Å². The minimum absolute atomic E-state index is 0. The molecule has 3 nitrogen and oxygen atoms in total. The first kappa shape index (κ1) is 13.3. The molecule has 0 aromatic rings. The molecule has 0 rings (SSSR count). The molecule has 0 saturated carbocycles. The second-order valence-corrected chi connectivity index (χ2v) is 2.45. The molecular weight excluding hydrogens is 166 g/mol. The first-order chi connectivity index (χ1) is 4.63. The van der Waals surface area contributed by atoms with Gasteiger partial charge in [-0.05, 0) is 0 Å². The van der Waals surface area contributed by atoms with Crippen molar-refractivity contribution in [1.82, 2.24) is 5.32 Å². The van der Waals surface area contributed by atoms with E-state index in [-0.39, 0.29) is 18.4 Å². The Morgan fingerprint density at radius 2 is 2.09 bits per heavy atom. The number of esters is 1. The van der Waals surface area contributed by atoms with Gasteiger partial charge in [0.2, 0.25) is 0 Å². The number of carbonyl (C=O) groups excluding carboxylic acids is 1. The zero-order valence-electron chi connectivity index (χ0n) is 7.22. The molecule has 0 aromatic heterocycles. The molecule has 0 atom stereocenters. The van der Waals surface area contributed by atoms with Crippen LogP contribution in [0.3, 0.4) is 0 Å². The second-order valence-electron chi connectivity index (χ2n) is 2.45. The molecule has 0 heterocycles. The van der Waals surface area contributed by atoms with Crippen molar-refractivity contribution in [2.75, 3.05) is 13.2 Å². The smallest absolute Gasteiger partial charge is 0.302 e. The van der Waals surface area contributed by atoms with Gasteiger partial charge in [0.05, 0.1) is 0 Å². The Kier molecular flexibility index (Phi) is 9.47. The van der Waals surface area contributed by atoms with Gasteiger partial charge in [-0.3, -0.25) is 4.79 Å². The van der Waals surface area contributed by atoms with Crippen LogP contribution >= 0.6 is 12.4 Å². The SMILES string of the molecule is CC(=O)OCCNC(C)C.Cl. The summed E-state index contributed by atoms with van der Waals surface area (Å²) in [4.78, 5) is 10.2. The predicted molar refractivity (Wildman–Crippen MR) is 47.0 cm³/mol. The Morgan fingerprint density at radius 1 is 1.55 bits per heavy atom. The summed E-state index contributed by atoms with van der Waals surface area (Å²) in [7, 11) is 0. The van der Waals surface area contributed by atoms with Gasteiger partial charge in [-0.25, -0.2) is 0 Å². The molecule has 0 aliphatic heterocycles. The van der Waals surface area contributed by atoms with Crippen LogP contribution in [0, 0.1) is 0 Å². The van der Waals surface area contributed by atoms with Crippen molar-refractivity contribution in [3.8, 4) is 0 Å². The lowest BCUT2D eigenvalue weighted by molar-refractivity contribution is -0.140. The summed E-state index contributed by atoms with van der Waals surface area (Å²) in [6.45, 7) is 6.71. The second kappa shape index (κ2) is 7.82. The van der Waals surface area contributed by atoms with E-state index in [1.165, 1.54) is 6.92 Å². The molecule has 11 heavy (non-hydrogen) atoms. The average molecular weight is 182 g/mol. The van der Waals surface area contributed by atoms with Crippen molar-refractivity contribution in [1.29, 1.82) is 0 Å². The fourth-order valence-corrected chi connectivity index (χ4v) is 0.542. The Bertz CT molecular complexity index is 107. The fraction of sp³-hybridized carbons (Fsp3) is 0.857. The predicted octanol–water partition coefficient (Wildman–Crippen LogP) is 0.969. The minimum atomic E-state index is -0.217. The maximum atomic E-state index is 10.2. The maximum Gasteiger partial charge on any atom is 0.302 e. The zero-order chi connectivity index (χ0) is 7.98. The first-order valence-corrected chi connectivity index (χ1v) is 3.49. The van der Waals surface area contributed by atoms with Crippen LogP contribution in [0.4, 0.5) is 0 Å². The summed E-state index contributed by atoms with van der Waals surface area (Å²) >= 11 is 0. The van der Waals surface area contributed by atoms with Crippen LogP contribution in [0.2, 0.25) is 0 Å². The molecule has 0 amide bonds. The van der Waals surface area contributed by atoms with Gasteiger partial charge in [0, 0.05) is 19.5 Å². The van der Waals surface area contributed by atoms with Gasteiger partial charge in [0.15, 0.2) is 0 Å². The van der Waals surface area contributed by atoms with E-state index in [2.05, 4.69) is 5.32 Å². The zero-order valence-corrected chi connectivity index (χ0v) is 8.03. The molecule has 0 aliphatic carbocycles. The molecule has 0 aromatic carbocycles. The minimum Gasteiger partial charge on any atom is -0.465 e. The maximum absolute atomic E-state index is 10.2. The Morgan fingerprint density at radius 3 is 2.45 bits per heavy atom. The summed E-state index contributed by atoms with van der Waals surface area (Å²) in [6, 6.07) is 0.454. The van der Waals surface area contributed by atoms with Gasteiger partial charge in [-0.15, -0.1) is 12.4 Å². The molecular formula is C7H16ClNO2. The molecule has 68 valence electrons. The van der Waals surface area contributed by atoms with Crippen molar-refractivity contribution in [2.24, 2.45) is 0 Å². The molecule has 0 aliphatic rings. The van der Waals surface area contributed by atoms with Gasteiger partial charge in [0.25, 0.3) is 0 Å². The Balaban J connectivity index is 0. The summed E-state index contributed by atoms with van der Waals surface area (Å²) < 4.78 is 4.69. The molecule has 4 heteroatoms. The molecule has 0 fully saturated rings. The van der Waals surface area contributed by atoms with E-state index in [0.717, 1.165) is 6.54 Å². The number of carbonyl (C=O) groups is 1. The van der Waals surface area contributed by atoms with Crippen molar-refractivity contribution < 1.29 is 9.53 Å². The van der Waals surface area contributed by atoms with Crippen LogP contribution < -0.4 is 5.32 Å². The standard InChI is InChI=1S/C7H15NO2.ClH/c1-6(2)8-4-5-10-7(3)9;/h6,8H,4-5H2,1-3H3;1H. The van der Waals surface area contributed by atoms with Gasteiger partial charge in [-0.1, -0.05) is 13.8 Å². The van der Waals surface area contributed by atoms with Gasteiger partial charge < -0.3 is 10.1 Å². The molecule has 0 radical (unpaired) electrons. The Labute approximate surface area is 73.9 Å². The summed E-state index contributed by atoms with van der Waals surface area (Å²) in [6.07, 6.45) is 0. The fourth-order valence-electron chi connectivity index (χ4n) is 0.542. The molecule has 0 spiro atoms. The highest BCUT2D eigenvalue weighted by Crippen LogP contribution is 1.77. The van der Waals surface area contributed by atoms with E-state index in [0.29, 0.717) is 12.6 Å². The van der Waals surface area contributed by atoms with E-state index < -0.39 is 0 Å². The van der Waals surface area contributed by atoms with E-state index in [9.17, 15) is 4.79 Å². The third-order valence-corrected chi connectivity index (χ3v) is 0.960. The van der Waals surface area contributed by atoms with Crippen LogP contribution in [0.15, 0.2) is 0 Å². The number of nitrogens with one attached hydrogen (secondary N) is 1. The van der Waals surface area contributed by atoms with Crippen molar-refractivity contribution >= 4 is 18.4 Å². The first-order valence-electron chi connectivity index (χ1n) is 3.49. The van der Waals surface area contributed by atoms with E-state index >= 15 is 0 Å². The van der Waals surface area contributed by atoms with Crippen LogP contribution in [-0.4, -0.2) is 25.2 Å². The van der Waals surface area contributed by atoms with Gasteiger partial charge in [-0.2, -0.15) is 0 Å². The Hall–Kier alpha value is -0.280. The molecule has 0 unspecified atom stereocenters. The van der Waals surface area contributed by atoms with Crippen molar-refractivity contribution in [2.45, 2.75) is 26.8 Å². The molecule has 1 N–H and O–H groups in total. The van der Waals surface area contributed by atoms with Gasteiger partial charge in [0.1, 0.15) is 6.61 Å². The average Bonchev–Trinajstić information content (AvgIpc) is 1.79. The van der Waals surface area contributed by atoms with Gasteiger partial charge >= 0.3 is 5.97 Å². The largest absolute Gasteiger partial charge is 0.465 e. The number of hydrogen-bond donors (Lipinski definition) is 1. The summed E-state index contributed by atoms with van der Waals surface area (Å²) in [5, 5.41) is 3.12. The molecule has 0 bridgehead atoms. The number of halogens is 1. The van der Waals surface area contributed by atoms with Crippen LogP contribution in [0.1, 0.15) is 20.8 Å². The lowest BCUT2D eigenvalue weighted by Crippen LogP contribution is -2.27. The molecule has 0 saturated heterocycles. The van der Waals surface area contributed by atoms with Crippen LogP contribution in [0.25, 0.3) is 0 Å². The lowest BCUT2D eigenvalue weighted by atomic mass is 10.4. The quantitative estimate of drug-likeness (QED) is 0.519. The lowest BCUT2D eigenvalue weighted by Gasteiger charge is -2.06. The number of rotatable bonds is 4. The normalized spacial score (nSPS) is 9.09. The highest BCUT2D eigenvalue weighted by molar-refractivity contribution is 5.85. The monoisotopic (exact) mass is 181 g/mol. The van der Waals surface area contributed by atoms with Crippen LogP contribution in [-0.2, 0) is 9.53 Å². The van der Waals surface area contributed by atoms with E-state index in [1.807, 2.05) is 13.8 Å². The third-order valence-electron chi connectivity index (χ3n) is 0.960.